The Balaban J connectivity index is 1.93. The minimum Gasteiger partial charge on any atom is -0.367 e. The Morgan fingerprint density at radius 2 is 1.79 bits per heavy atom. The molecule has 1 aromatic heterocycles. The van der Waals surface area contributed by atoms with E-state index in [1.165, 1.54) is 4.31 Å². The Hall–Kier alpha value is -2.43. The number of benzene rings is 1. The van der Waals surface area contributed by atoms with Crippen molar-refractivity contribution in [3.05, 3.63) is 35.2 Å². The third-order valence-corrected chi connectivity index (χ3v) is 8.31. The first-order valence-electron chi connectivity index (χ1n) is 11.5. The third kappa shape index (κ3) is 5.56. The second-order valence-electron chi connectivity index (χ2n) is 8.22. The van der Waals surface area contributed by atoms with Gasteiger partial charge in [0.2, 0.25) is 15.9 Å². The number of aryl methyl sites for hydroxylation is 2. The van der Waals surface area contributed by atoms with Crippen LogP contribution in [0.5, 0.6) is 0 Å². The lowest BCUT2D eigenvalue weighted by atomic mass is 10.1. The number of likely N-dealkylation sites (N-methyl/N-ethyl adjacent to an activating group) is 1. The van der Waals surface area contributed by atoms with E-state index in [1.807, 2.05) is 19.9 Å². The number of piperazine rings is 1. The Labute approximate surface area is 196 Å². The summed E-state index contributed by atoms with van der Waals surface area (Å²) in [6.07, 6.45) is 0.108. The Morgan fingerprint density at radius 3 is 2.33 bits per heavy atom. The Morgan fingerprint density at radius 1 is 1.12 bits per heavy atom. The molecule has 1 aliphatic heterocycles. The highest BCUT2D eigenvalue weighted by Crippen LogP contribution is 2.31. The molecule has 0 saturated carbocycles. The van der Waals surface area contributed by atoms with Gasteiger partial charge in [-0.05, 0) is 38.6 Å². The standard InChI is InChI=1S/C23H35N5O4S/c1-6-26-11-13-27(14-12-26)22-10-9-19(33(30,31)28(7-2)8-3)15-21(22)24-23(29)16-20-17(4)25-32-18(20)5/h9-10,15H,6-8,11-14,16H2,1-5H3,(H,24,29). The van der Waals surface area contributed by atoms with Gasteiger partial charge in [-0.3, -0.25) is 4.79 Å². The van der Waals surface area contributed by atoms with Crippen molar-refractivity contribution in [3.8, 4) is 0 Å². The summed E-state index contributed by atoms with van der Waals surface area (Å²) in [5.74, 6) is 0.367. The largest absolute Gasteiger partial charge is 0.367 e. The second-order valence-corrected chi connectivity index (χ2v) is 10.2. The smallest absolute Gasteiger partial charge is 0.243 e. The van der Waals surface area contributed by atoms with Gasteiger partial charge in [-0.15, -0.1) is 0 Å². The van der Waals surface area contributed by atoms with Crippen molar-refractivity contribution in [3.63, 3.8) is 0 Å². The molecular weight excluding hydrogens is 442 g/mol. The van der Waals surface area contributed by atoms with Gasteiger partial charge in [0.15, 0.2) is 0 Å². The molecule has 10 heteroatoms. The summed E-state index contributed by atoms with van der Waals surface area (Å²) in [5.41, 5.74) is 2.76. The van der Waals surface area contributed by atoms with Crippen molar-refractivity contribution in [1.29, 1.82) is 0 Å². The van der Waals surface area contributed by atoms with Gasteiger partial charge >= 0.3 is 0 Å². The number of hydrogen-bond acceptors (Lipinski definition) is 7. The number of nitrogens with zero attached hydrogens (tertiary/aromatic N) is 4. The highest BCUT2D eigenvalue weighted by atomic mass is 32.2. The van der Waals surface area contributed by atoms with Crippen LogP contribution >= 0.6 is 0 Å². The van der Waals surface area contributed by atoms with E-state index in [0.29, 0.717) is 30.2 Å². The van der Waals surface area contributed by atoms with Gasteiger partial charge in [0, 0.05) is 44.8 Å². The van der Waals surface area contributed by atoms with Crippen LogP contribution in [0.15, 0.2) is 27.6 Å². The van der Waals surface area contributed by atoms with Crippen LogP contribution in [0.25, 0.3) is 0 Å². The van der Waals surface area contributed by atoms with Gasteiger partial charge in [-0.25, -0.2) is 8.42 Å². The number of rotatable bonds is 9. The van der Waals surface area contributed by atoms with E-state index < -0.39 is 10.0 Å². The molecule has 9 nitrogen and oxygen atoms in total. The summed E-state index contributed by atoms with van der Waals surface area (Å²) in [6, 6.07) is 5.03. The molecule has 0 spiro atoms. The number of anilines is 2. The molecule has 0 bridgehead atoms. The van der Waals surface area contributed by atoms with Crippen molar-refractivity contribution >= 4 is 27.3 Å². The van der Waals surface area contributed by atoms with Gasteiger partial charge in [0.25, 0.3) is 0 Å². The first-order valence-corrected chi connectivity index (χ1v) is 13.0. The highest BCUT2D eigenvalue weighted by Gasteiger charge is 2.26. The Bertz CT molecular complexity index is 1050. The summed E-state index contributed by atoms with van der Waals surface area (Å²) in [6.45, 7) is 14.6. The summed E-state index contributed by atoms with van der Waals surface area (Å²) in [7, 11) is -3.65. The van der Waals surface area contributed by atoms with Crippen molar-refractivity contribution in [2.75, 3.05) is 56.0 Å². The van der Waals surface area contributed by atoms with E-state index in [0.717, 1.165) is 44.0 Å². The van der Waals surface area contributed by atoms with Crippen LogP contribution in [-0.4, -0.2) is 74.5 Å². The number of amides is 1. The average molecular weight is 478 g/mol. The quantitative estimate of drug-likeness (QED) is 0.593. The average Bonchev–Trinajstić information content (AvgIpc) is 3.11. The lowest BCUT2D eigenvalue weighted by Gasteiger charge is -2.36. The van der Waals surface area contributed by atoms with Crippen molar-refractivity contribution in [2.24, 2.45) is 0 Å². The molecule has 1 amide bonds. The second kappa shape index (κ2) is 10.7. The van der Waals surface area contributed by atoms with Gasteiger partial charge in [0.05, 0.1) is 28.4 Å². The first-order chi connectivity index (χ1) is 15.7. The number of hydrogen-bond donors (Lipinski definition) is 1. The molecule has 0 radical (unpaired) electrons. The normalized spacial score (nSPS) is 15.3. The number of nitrogens with one attached hydrogen (secondary N) is 1. The third-order valence-electron chi connectivity index (χ3n) is 6.26. The van der Waals surface area contributed by atoms with Crippen LogP contribution in [0.2, 0.25) is 0 Å². The molecule has 2 aromatic rings. The topological polar surface area (TPSA) is 99.0 Å². The van der Waals surface area contributed by atoms with Gasteiger partial charge < -0.3 is 19.6 Å². The van der Waals surface area contributed by atoms with E-state index in [4.69, 9.17) is 4.52 Å². The lowest BCUT2D eigenvalue weighted by Crippen LogP contribution is -2.46. The fourth-order valence-corrected chi connectivity index (χ4v) is 5.66. The Kier molecular flexibility index (Phi) is 8.14. The van der Waals surface area contributed by atoms with Crippen LogP contribution in [0.4, 0.5) is 11.4 Å². The molecule has 182 valence electrons. The van der Waals surface area contributed by atoms with Crippen molar-refractivity contribution < 1.29 is 17.7 Å². The summed E-state index contributed by atoms with van der Waals surface area (Å²) in [5, 5.41) is 6.88. The van der Waals surface area contributed by atoms with Crippen LogP contribution < -0.4 is 10.2 Å². The lowest BCUT2D eigenvalue weighted by molar-refractivity contribution is -0.115. The van der Waals surface area contributed by atoms with Gasteiger partial charge in [-0.2, -0.15) is 4.31 Å². The SMILES string of the molecule is CCN1CCN(c2ccc(S(=O)(=O)N(CC)CC)cc2NC(=O)Cc2c(C)noc2C)CC1. The monoisotopic (exact) mass is 477 g/mol. The minimum atomic E-state index is -3.65. The molecule has 1 fully saturated rings. The fourth-order valence-electron chi connectivity index (χ4n) is 4.18. The van der Waals surface area contributed by atoms with E-state index >= 15 is 0 Å². The van der Waals surface area contributed by atoms with E-state index in [9.17, 15) is 13.2 Å². The molecule has 0 aliphatic carbocycles. The minimum absolute atomic E-state index is 0.108. The molecule has 33 heavy (non-hydrogen) atoms. The van der Waals surface area contributed by atoms with Crippen LogP contribution in [0.1, 0.15) is 37.8 Å². The predicted molar refractivity (Wildman–Crippen MR) is 129 cm³/mol. The number of aromatic nitrogens is 1. The molecule has 3 rings (SSSR count). The zero-order valence-corrected chi connectivity index (χ0v) is 21.0. The summed E-state index contributed by atoms with van der Waals surface area (Å²) >= 11 is 0. The van der Waals surface area contributed by atoms with E-state index in [2.05, 4.69) is 27.2 Å². The maximum atomic E-state index is 13.1. The number of sulfonamides is 1. The van der Waals surface area contributed by atoms with E-state index in [-0.39, 0.29) is 17.2 Å². The van der Waals surface area contributed by atoms with Crippen LogP contribution in [0.3, 0.4) is 0 Å². The molecule has 0 atom stereocenters. The summed E-state index contributed by atoms with van der Waals surface area (Å²) < 4.78 is 32.8. The highest BCUT2D eigenvalue weighted by molar-refractivity contribution is 7.89. The molecule has 0 unspecified atom stereocenters. The molecule has 1 N–H and O–H groups in total. The maximum Gasteiger partial charge on any atom is 0.243 e. The zero-order valence-electron chi connectivity index (χ0n) is 20.2. The molecule has 1 aliphatic rings. The van der Waals surface area contributed by atoms with Crippen molar-refractivity contribution in [1.82, 2.24) is 14.4 Å². The fraction of sp³-hybridized carbons (Fsp3) is 0.565. The maximum absolute atomic E-state index is 13.1. The first kappa shape index (κ1) is 25.2. The zero-order chi connectivity index (χ0) is 24.2. The number of carbonyl (C=O) groups excluding carboxylic acids is 1. The molecule has 2 heterocycles. The van der Waals surface area contributed by atoms with E-state index in [1.54, 1.807) is 26.0 Å². The molecule has 1 aromatic carbocycles. The van der Waals surface area contributed by atoms with Crippen molar-refractivity contribution in [2.45, 2.75) is 45.9 Å². The van der Waals surface area contributed by atoms with Crippen LogP contribution in [-0.2, 0) is 21.2 Å². The predicted octanol–water partition coefficient (Wildman–Crippen LogP) is 2.65. The molecular formula is C23H35N5O4S. The number of carbonyl (C=O) groups is 1. The summed E-state index contributed by atoms with van der Waals surface area (Å²) in [4.78, 5) is 17.7. The van der Waals surface area contributed by atoms with Crippen LogP contribution in [0, 0.1) is 13.8 Å². The van der Waals surface area contributed by atoms with Gasteiger partial charge in [-0.1, -0.05) is 25.9 Å². The van der Waals surface area contributed by atoms with Gasteiger partial charge in [0.1, 0.15) is 5.76 Å². The molecule has 1 saturated heterocycles.